The van der Waals surface area contributed by atoms with E-state index in [2.05, 4.69) is 31.8 Å². The highest BCUT2D eigenvalue weighted by molar-refractivity contribution is 9.10. The third-order valence-electron chi connectivity index (χ3n) is 4.69. The number of halogens is 1. The number of hydrogen-bond acceptors (Lipinski definition) is 6. The Morgan fingerprint density at radius 1 is 0.971 bits per heavy atom. The van der Waals surface area contributed by atoms with Gasteiger partial charge in [0.1, 0.15) is 11.5 Å². The van der Waals surface area contributed by atoms with Crippen molar-refractivity contribution in [2.45, 2.75) is 13.8 Å². The highest BCUT2D eigenvalue weighted by Crippen LogP contribution is 2.23. The van der Waals surface area contributed by atoms with Crippen LogP contribution < -0.4 is 20.2 Å². The Labute approximate surface area is 211 Å². The molecule has 0 heterocycles. The fourth-order valence-electron chi connectivity index (χ4n) is 2.91. The molecular formula is C26H24BrN3O5. The molecule has 3 rings (SSSR count). The van der Waals surface area contributed by atoms with Crippen LogP contribution in [0.4, 0.5) is 0 Å². The zero-order chi connectivity index (χ0) is 25.2. The summed E-state index contributed by atoms with van der Waals surface area (Å²) in [5.74, 6) is -0.499. The largest absolute Gasteiger partial charge is 0.494 e. The van der Waals surface area contributed by atoms with E-state index in [0.29, 0.717) is 29.0 Å². The molecule has 0 aliphatic carbocycles. The molecule has 0 saturated heterocycles. The average molecular weight is 538 g/mol. The first-order valence-corrected chi connectivity index (χ1v) is 11.6. The summed E-state index contributed by atoms with van der Waals surface area (Å²) >= 11 is 3.37. The lowest BCUT2D eigenvalue weighted by molar-refractivity contribution is -0.120. The van der Waals surface area contributed by atoms with Crippen molar-refractivity contribution in [2.75, 3.05) is 13.2 Å². The number of hydrogen-bond donors (Lipinski definition) is 2. The molecule has 8 nitrogen and oxygen atoms in total. The van der Waals surface area contributed by atoms with E-state index in [-0.39, 0.29) is 18.2 Å². The fraction of sp³-hybridized carbons (Fsp3) is 0.154. The summed E-state index contributed by atoms with van der Waals surface area (Å²) in [7, 11) is 0. The molecule has 2 amide bonds. The van der Waals surface area contributed by atoms with Gasteiger partial charge in [0.25, 0.3) is 11.8 Å². The quantitative estimate of drug-likeness (QED) is 0.183. The summed E-state index contributed by atoms with van der Waals surface area (Å²) in [6, 6.07) is 18.6. The first-order chi connectivity index (χ1) is 16.9. The van der Waals surface area contributed by atoms with Crippen molar-refractivity contribution in [3.05, 3.63) is 93.5 Å². The third kappa shape index (κ3) is 7.79. The van der Waals surface area contributed by atoms with E-state index in [0.717, 1.165) is 10.0 Å². The normalized spacial score (nSPS) is 10.6. The van der Waals surface area contributed by atoms with Crippen LogP contribution in [0.2, 0.25) is 0 Å². The number of nitrogens with zero attached hydrogens (tertiary/aromatic N) is 1. The highest BCUT2D eigenvalue weighted by atomic mass is 79.9. The van der Waals surface area contributed by atoms with E-state index in [1.807, 2.05) is 26.0 Å². The molecule has 0 unspecified atom stereocenters. The van der Waals surface area contributed by atoms with Crippen molar-refractivity contribution in [1.82, 2.24) is 10.7 Å². The van der Waals surface area contributed by atoms with Crippen LogP contribution in [0.5, 0.6) is 11.5 Å². The van der Waals surface area contributed by atoms with Gasteiger partial charge in [-0.05, 0) is 68.4 Å². The summed E-state index contributed by atoms with van der Waals surface area (Å²) < 4.78 is 11.6. The molecule has 2 N–H and O–H groups in total. The van der Waals surface area contributed by atoms with Crippen LogP contribution in [-0.2, 0) is 4.79 Å². The maximum absolute atomic E-state index is 12.6. The molecule has 0 fully saturated rings. The van der Waals surface area contributed by atoms with Crippen molar-refractivity contribution in [2.24, 2.45) is 5.10 Å². The Hall–Kier alpha value is -3.98. The van der Waals surface area contributed by atoms with Gasteiger partial charge in [-0.25, -0.2) is 10.2 Å². The van der Waals surface area contributed by atoms with Crippen LogP contribution in [0.1, 0.15) is 38.8 Å². The number of aryl methyl sites for hydroxylation is 1. The van der Waals surface area contributed by atoms with Gasteiger partial charge in [0.05, 0.1) is 24.9 Å². The lowest BCUT2D eigenvalue weighted by Gasteiger charge is -2.09. The van der Waals surface area contributed by atoms with Gasteiger partial charge in [-0.3, -0.25) is 9.59 Å². The number of nitrogens with one attached hydrogen (secondary N) is 2. The second kappa shape index (κ2) is 12.5. The minimum atomic E-state index is -0.548. The van der Waals surface area contributed by atoms with E-state index in [9.17, 15) is 14.4 Å². The lowest BCUT2D eigenvalue weighted by atomic mass is 10.1. The number of rotatable bonds is 9. The standard InChI is InChI=1S/C26H24BrN3O5/c1-3-34-22-11-8-19(9-12-22)26(33)35-23-13-10-21(27)14-20(23)15-29-30-24(31)16-28-25(32)18-6-4-17(2)5-7-18/h4-15H,3,16H2,1-2H3,(H,28,32)(H,30,31)/b29-15-. The van der Waals surface area contributed by atoms with E-state index in [1.54, 1.807) is 54.6 Å². The number of carbonyl (C=O) groups excluding carboxylic acids is 3. The number of esters is 1. The molecule has 0 saturated carbocycles. The first-order valence-electron chi connectivity index (χ1n) is 10.8. The molecule has 0 atom stereocenters. The van der Waals surface area contributed by atoms with Crippen molar-refractivity contribution < 1.29 is 23.9 Å². The molecule has 0 aliphatic heterocycles. The van der Waals surface area contributed by atoms with Gasteiger partial charge >= 0.3 is 5.97 Å². The summed E-state index contributed by atoms with van der Waals surface area (Å²) in [6.07, 6.45) is 1.35. The van der Waals surface area contributed by atoms with Crippen LogP contribution in [0.3, 0.4) is 0 Å². The van der Waals surface area contributed by atoms with Gasteiger partial charge in [0.15, 0.2) is 0 Å². The van der Waals surface area contributed by atoms with Crippen molar-refractivity contribution in [1.29, 1.82) is 0 Å². The monoisotopic (exact) mass is 537 g/mol. The minimum Gasteiger partial charge on any atom is -0.494 e. The maximum atomic E-state index is 12.6. The number of hydrazone groups is 1. The molecule has 9 heteroatoms. The minimum absolute atomic E-state index is 0.248. The topological polar surface area (TPSA) is 106 Å². The molecule has 3 aromatic carbocycles. The van der Waals surface area contributed by atoms with Gasteiger partial charge in [0, 0.05) is 15.6 Å². The SMILES string of the molecule is CCOc1ccc(C(=O)Oc2ccc(Br)cc2/C=N\NC(=O)CNC(=O)c2ccc(C)cc2)cc1. The Morgan fingerprint density at radius 2 is 1.66 bits per heavy atom. The van der Waals surface area contributed by atoms with E-state index < -0.39 is 11.9 Å². The molecule has 3 aromatic rings. The maximum Gasteiger partial charge on any atom is 0.343 e. The van der Waals surface area contributed by atoms with Crippen LogP contribution in [0, 0.1) is 6.92 Å². The second-order valence-corrected chi connectivity index (χ2v) is 8.29. The first kappa shape index (κ1) is 25.6. The van der Waals surface area contributed by atoms with Crippen molar-refractivity contribution in [3.63, 3.8) is 0 Å². The van der Waals surface area contributed by atoms with Crippen LogP contribution in [0.15, 0.2) is 76.3 Å². The Bertz CT molecular complexity index is 1220. The van der Waals surface area contributed by atoms with Gasteiger partial charge in [-0.15, -0.1) is 0 Å². The van der Waals surface area contributed by atoms with Crippen LogP contribution in [-0.4, -0.2) is 37.1 Å². The smallest absolute Gasteiger partial charge is 0.343 e. The van der Waals surface area contributed by atoms with E-state index in [4.69, 9.17) is 9.47 Å². The zero-order valence-electron chi connectivity index (χ0n) is 19.2. The zero-order valence-corrected chi connectivity index (χ0v) is 20.8. The lowest BCUT2D eigenvalue weighted by Crippen LogP contribution is -2.34. The molecule has 0 aromatic heterocycles. The summed E-state index contributed by atoms with van der Waals surface area (Å²) in [5.41, 5.74) is 4.65. The van der Waals surface area contributed by atoms with Crippen LogP contribution in [0.25, 0.3) is 0 Å². The average Bonchev–Trinajstić information content (AvgIpc) is 2.85. The Kier molecular flexibility index (Phi) is 9.14. The summed E-state index contributed by atoms with van der Waals surface area (Å²) in [6.45, 7) is 4.08. The molecule has 180 valence electrons. The van der Waals surface area contributed by atoms with Crippen molar-refractivity contribution in [3.8, 4) is 11.5 Å². The second-order valence-electron chi connectivity index (χ2n) is 7.37. The van der Waals surface area contributed by atoms with E-state index >= 15 is 0 Å². The number of amides is 2. The fourth-order valence-corrected chi connectivity index (χ4v) is 3.29. The Morgan fingerprint density at radius 3 is 2.34 bits per heavy atom. The van der Waals surface area contributed by atoms with E-state index in [1.165, 1.54) is 6.21 Å². The van der Waals surface area contributed by atoms with Crippen LogP contribution >= 0.6 is 15.9 Å². The number of benzene rings is 3. The predicted octanol–water partition coefficient (Wildman–Crippen LogP) is 4.26. The molecule has 35 heavy (non-hydrogen) atoms. The molecule has 0 bridgehead atoms. The van der Waals surface area contributed by atoms with Gasteiger partial charge in [-0.1, -0.05) is 33.6 Å². The Balaban J connectivity index is 1.58. The highest BCUT2D eigenvalue weighted by Gasteiger charge is 2.12. The van der Waals surface area contributed by atoms with Gasteiger partial charge in [0.2, 0.25) is 0 Å². The molecule has 0 radical (unpaired) electrons. The summed E-state index contributed by atoms with van der Waals surface area (Å²) in [5, 5.41) is 6.45. The number of carbonyl (C=O) groups is 3. The molecule has 0 spiro atoms. The molecular weight excluding hydrogens is 514 g/mol. The molecule has 0 aliphatic rings. The third-order valence-corrected chi connectivity index (χ3v) is 5.18. The summed E-state index contributed by atoms with van der Waals surface area (Å²) in [4.78, 5) is 36.7. The van der Waals surface area contributed by atoms with Gasteiger partial charge in [-0.2, -0.15) is 5.10 Å². The van der Waals surface area contributed by atoms with Gasteiger partial charge < -0.3 is 14.8 Å². The van der Waals surface area contributed by atoms with Crippen molar-refractivity contribution >= 4 is 39.9 Å². The number of ether oxygens (including phenoxy) is 2. The predicted molar refractivity (Wildman–Crippen MR) is 136 cm³/mol.